The van der Waals surface area contributed by atoms with Crippen LogP contribution >= 0.6 is 0 Å². The SMILES string of the molecule is O=C1NC(=O)c2ccc3c4ccc5c6ccc7c8ccc9c%10c(ccc(c%11ccc(c%12ccc(c%13ccc1c2c%133)c4c%125)c6c%117)c%108)-c1nc2ccccc2n1C9O. The van der Waals surface area contributed by atoms with Crippen molar-refractivity contribution in [3.8, 4) is 11.4 Å². The Morgan fingerprint density at radius 3 is 1.29 bits per heavy atom. The summed E-state index contributed by atoms with van der Waals surface area (Å²) >= 11 is 0. The van der Waals surface area contributed by atoms with E-state index in [1.807, 2.05) is 41.0 Å². The first kappa shape index (κ1) is 28.1. The van der Waals surface area contributed by atoms with Gasteiger partial charge in [-0.25, -0.2) is 4.98 Å². The normalized spacial score (nSPS) is 15.6. The van der Waals surface area contributed by atoms with Gasteiger partial charge in [-0.1, -0.05) is 91.0 Å². The molecule has 15 rings (SSSR count). The fourth-order valence-corrected chi connectivity index (χ4v) is 11.3. The maximum Gasteiger partial charge on any atom is 0.258 e. The number of nitrogens with zero attached hydrogens (tertiary/aromatic N) is 2. The topological polar surface area (TPSA) is 84.2 Å². The molecule has 0 aliphatic carbocycles. The molecule has 56 heavy (non-hydrogen) atoms. The molecule has 3 heterocycles. The Hall–Kier alpha value is -7.41. The molecule has 6 heteroatoms. The zero-order chi connectivity index (χ0) is 36.5. The van der Waals surface area contributed by atoms with Crippen molar-refractivity contribution in [1.82, 2.24) is 14.9 Å². The van der Waals surface area contributed by atoms with E-state index < -0.39 is 6.23 Å². The van der Waals surface area contributed by atoms with Crippen molar-refractivity contribution in [3.05, 3.63) is 138 Å². The number of imide groups is 1. The third-order valence-corrected chi connectivity index (χ3v) is 13.5. The lowest BCUT2D eigenvalue weighted by atomic mass is 9.80. The number of para-hydroxylation sites is 2. The van der Waals surface area contributed by atoms with Crippen LogP contribution in [-0.4, -0.2) is 26.5 Å². The maximum absolute atomic E-state index is 13.0. The van der Waals surface area contributed by atoms with Crippen LogP contribution in [0.5, 0.6) is 0 Å². The first-order chi connectivity index (χ1) is 27.5. The zero-order valence-corrected chi connectivity index (χ0v) is 29.3. The molecule has 0 bridgehead atoms. The van der Waals surface area contributed by atoms with Crippen LogP contribution in [0.3, 0.4) is 0 Å². The number of hydrogen-bond donors (Lipinski definition) is 2. The highest BCUT2D eigenvalue weighted by atomic mass is 16.3. The number of fused-ring (bicyclic) bond motifs is 10. The number of aromatic nitrogens is 2. The van der Waals surface area contributed by atoms with Crippen molar-refractivity contribution < 1.29 is 14.7 Å². The molecule has 1 aromatic heterocycles. The Labute approximate surface area is 314 Å². The van der Waals surface area contributed by atoms with E-state index in [2.05, 4.69) is 90.2 Å². The van der Waals surface area contributed by atoms with Crippen LogP contribution in [0.25, 0.3) is 130 Å². The number of carbonyl (C=O) groups is 2. The van der Waals surface area contributed by atoms with Gasteiger partial charge in [0.15, 0.2) is 6.23 Å². The van der Waals surface area contributed by atoms with E-state index in [0.717, 1.165) is 65.7 Å². The van der Waals surface area contributed by atoms with Gasteiger partial charge in [-0.2, -0.15) is 0 Å². The highest BCUT2D eigenvalue weighted by Gasteiger charge is 2.32. The fourth-order valence-electron chi connectivity index (χ4n) is 11.3. The van der Waals surface area contributed by atoms with Crippen molar-refractivity contribution in [2.75, 3.05) is 0 Å². The van der Waals surface area contributed by atoms with Crippen molar-refractivity contribution >= 4 is 131 Å². The van der Waals surface area contributed by atoms with Crippen LogP contribution in [0.2, 0.25) is 0 Å². The molecule has 0 saturated heterocycles. The van der Waals surface area contributed by atoms with Gasteiger partial charge in [0, 0.05) is 33.0 Å². The van der Waals surface area contributed by atoms with E-state index in [0.29, 0.717) is 11.1 Å². The highest BCUT2D eigenvalue weighted by molar-refractivity contribution is 6.47. The summed E-state index contributed by atoms with van der Waals surface area (Å²) in [6.07, 6.45) is -0.841. The Morgan fingerprint density at radius 1 is 0.429 bits per heavy atom. The predicted molar refractivity (Wildman–Crippen MR) is 226 cm³/mol. The van der Waals surface area contributed by atoms with Gasteiger partial charge in [0.2, 0.25) is 0 Å². The summed E-state index contributed by atoms with van der Waals surface area (Å²) in [7, 11) is 0. The summed E-state index contributed by atoms with van der Waals surface area (Å²) in [5.74, 6) is 0.102. The lowest BCUT2D eigenvalue weighted by Crippen LogP contribution is -2.34. The molecule has 256 valence electrons. The maximum atomic E-state index is 13.0. The van der Waals surface area contributed by atoms with E-state index in [-0.39, 0.29) is 11.8 Å². The van der Waals surface area contributed by atoms with Crippen LogP contribution in [0.15, 0.2) is 121 Å². The molecule has 2 aliphatic heterocycles. The minimum Gasteiger partial charge on any atom is -0.369 e. The van der Waals surface area contributed by atoms with Crippen LogP contribution < -0.4 is 5.32 Å². The molecular weight excluding hydrogens is 691 g/mol. The van der Waals surface area contributed by atoms with E-state index in [4.69, 9.17) is 4.98 Å². The lowest BCUT2D eigenvalue weighted by molar-refractivity contribution is 0.0845. The molecule has 0 fully saturated rings. The van der Waals surface area contributed by atoms with E-state index in [9.17, 15) is 14.7 Å². The number of carbonyl (C=O) groups excluding carboxylic acids is 2. The third-order valence-electron chi connectivity index (χ3n) is 13.5. The quantitative estimate of drug-likeness (QED) is 0.0931. The fraction of sp³-hybridized carbons (Fsp3) is 0.0200. The highest BCUT2D eigenvalue weighted by Crippen LogP contribution is 2.53. The zero-order valence-electron chi connectivity index (χ0n) is 29.3. The average molecular weight is 714 g/mol. The number of aliphatic hydroxyl groups excluding tert-OH is 1. The van der Waals surface area contributed by atoms with Gasteiger partial charge < -0.3 is 5.11 Å². The molecular formula is C50H23N3O3. The second kappa shape index (κ2) is 8.92. The first-order valence-corrected chi connectivity index (χ1v) is 19.0. The van der Waals surface area contributed by atoms with Crippen LogP contribution in [0.1, 0.15) is 32.5 Å². The van der Waals surface area contributed by atoms with Crippen LogP contribution in [0, 0.1) is 0 Å². The second-order valence-electron chi connectivity index (χ2n) is 15.8. The minimum absolute atomic E-state index is 0.347. The molecule has 0 saturated carbocycles. The number of nitrogens with one attached hydrogen (secondary N) is 1. The Morgan fingerprint density at radius 2 is 0.804 bits per heavy atom. The number of benzene rings is 12. The van der Waals surface area contributed by atoms with E-state index >= 15 is 0 Å². The van der Waals surface area contributed by atoms with Gasteiger partial charge in [0.1, 0.15) is 5.82 Å². The molecule has 13 aromatic rings. The summed E-state index contributed by atoms with van der Waals surface area (Å²) in [6.45, 7) is 0. The van der Waals surface area contributed by atoms with Gasteiger partial charge in [-0.05, 0) is 127 Å². The number of rotatable bonds is 0. The van der Waals surface area contributed by atoms with Crippen molar-refractivity contribution in [2.45, 2.75) is 6.23 Å². The van der Waals surface area contributed by atoms with Crippen molar-refractivity contribution in [2.24, 2.45) is 0 Å². The standard InChI is InChI=1S/C50H23N3O3/c54-48-34-18-14-30-26-10-6-22-21-5-9-25-29-13-17-33-45-36(50(56)53-38-4-2-1-3-37(38)51-47(33)53)20-16-32(43(29)45)28-12-8-24(39(21)41(25)28)23-7-11-27(42(26)40(22)23)31-15-19-35(49(55)52-48)46(34)44(30)31/h1-20,50,56H,(H,52,54,55). The molecule has 0 radical (unpaired) electrons. The number of hydrogen-bond acceptors (Lipinski definition) is 4. The first-order valence-electron chi connectivity index (χ1n) is 19.0. The summed E-state index contributed by atoms with van der Waals surface area (Å²) in [5, 5.41) is 37.3. The molecule has 6 nitrogen and oxygen atoms in total. The second-order valence-corrected chi connectivity index (χ2v) is 15.8. The minimum atomic E-state index is -0.841. The number of amides is 2. The van der Waals surface area contributed by atoms with Crippen LogP contribution in [-0.2, 0) is 0 Å². The third kappa shape index (κ3) is 2.87. The van der Waals surface area contributed by atoms with Gasteiger partial charge in [0.25, 0.3) is 11.8 Å². The number of imidazole rings is 1. The summed E-state index contributed by atoms with van der Waals surface area (Å²) in [4.78, 5) is 31.0. The van der Waals surface area contributed by atoms with E-state index in [1.165, 1.54) is 70.0 Å². The average Bonchev–Trinajstić information content (AvgIpc) is 3.63. The van der Waals surface area contributed by atoms with Gasteiger partial charge in [0.05, 0.1) is 11.0 Å². The molecule has 2 N–H and O–H groups in total. The predicted octanol–water partition coefficient (Wildman–Crippen LogP) is 11.3. The number of aliphatic hydroxyl groups is 1. The Bertz CT molecular complexity index is 3920. The van der Waals surface area contributed by atoms with Gasteiger partial charge in [-0.15, -0.1) is 0 Å². The summed E-state index contributed by atoms with van der Waals surface area (Å²) in [5.41, 5.74) is 4.83. The molecule has 0 spiro atoms. The summed E-state index contributed by atoms with van der Waals surface area (Å²) in [6, 6.07) is 42.9. The largest absolute Gasteiger partial charge is 0.369 e. The van der Waals surface area contributed by atoms with Gasteiger partial charge in [-0.3, -0.25) is 19.5 Å². The molecule has 1 atom stereocenters. The molecule has 2 amide bonds. The molecule has 1 unspecified atom stereocenters. The van der Waals surface area contributed by atoms with Crippen LogP contribution in [0.4, 0.5) is 0 Å². The van der Waals surface area contributed by atoms with Crippen molar-refractivity contribution in [1.29, 1.82) is 0 Å². The smallest absolute Gasteiger partial charge is 0.258 e. The molecule has 12 aromatic carbocycles. The van der Waals surface area contributed by atoms with E-state index in [1.54, 1.807) is 0 Å². The molecule has 2 aliphatic rings. The summed E-state index contributed by atoms with van der Waals surface area (Å²) < 4.78 is 1.97. The van der Waals surface area contributed by atoms with Crippen molar-refractivity contribution in [3.63, 3.8) is 0 Å². The van der Waals surface area contributed by atoms with Gasteiger partial charge >= 0.3 is 0 Å². The Kier molecular flexibility index (Phi) is 4.48. The Balaban J connectivity index is 1.08. The lowest BCUT2D eigenvalue weighted by Gasteiger charge is -2.27. The monoisotopic (exact) mass is 713 g/mol.